The quantitative estimate of drug-likeness (QED) is 0.176. The minimum atomic E-state index is -0.672. The number of amides is 3. The van der Waals surface area contributed by atoms with Crippen LogP contribution in [0.5, 0.6) is 0 Å². The zero-order valence-electron chi connectivity index (χ0n) is 27.5. The molecule has 0 radical (unpaired) electrons. The highest BCUT2D eigenvalue weighted by atomic mass is 32.2. The average molecular weight is 666 g/mol. The van der Waals surface area contributed by atoms with Crippen molar-refractivity contribution in [3.63, 3.8) is 0 Å². The highest BCUT2D eigenvalue weighted by Gasteiger charge is 2.34. The van der Waals surface area contributed by atoms with Gasteiger partial charge in [0.05, 0.1) is 18.7 Å². The van der Waals surface area contributed by atoms with Gasteiger partial charge in [0.1, 0.15) is 15.9 Å². The Morgan fingerprint density at radius 1 is 0.978 bits per heavy atom. The molecule has 2 heterocycles. The van der Waals surface area contributed by atoms with Gasteiger partial charge in [0, 0.05) is 28.4 Å². The highest BCUT2D eigenvalue weighted by Crippen LogP contribution is 2.41. The first kappa shape index (κ1) is 35.0. The smallest absolute Gasteiger partial charge is 0.410 e. The molecule has 246 valence electrons. The van der Waals surface area contributed by atoms with Gasteiger partial charge in [-0.2, -0.15) is 0 Å². The maximum Gasteiger partial charge on any atom is 0.410 e. The van der Waals surface area contributed by atoms with Crippen molar-refractivity contribution in [2.75, 3.05) is 23.8 Å². The van der Waals surface area contributed by atoms with Crippen LogP contribution in [0.1, 0.15) is 86.5 Å². The third kappa shape index (κ3) is 9.59. The van der Waals surface area contributed by atoms with E-state index in [1.807, 2.05) is 96.1 Å². The van der Waals surface area contributed by atoms with E-state index < -0.39 is 22.9 Å². The van der Waals surface area contributed by atoms with Crippen LogP contribution in [0.2, 0.25) is 0 Å². The lowest BCUT2D eigenvalue weighted by atomic mass is 9.92. The van der Waals surface area contributed by atoms with Crippen molar-refractivity contribution in [1.29, 1.82) is 0 Å². The molecule has 3 amide bonds. The van der Waals surface area contributed by atoms with Crippen LogP contribution in [0.15, 0.2) is 59.5 Å². The fourth-order valence-corrected chi connectivity index (χ4v) is 7.28. The van der Waals surface area contributed by atoms with E-state index in [1.54, 1.807) is 11.8 Å². The molecule has 1 unspecified atom stereocenters. The maximum absolute atomic E-state index is 14.1. The largest absolute Gasteiger partial charge is 0.462 e. The lowest BCUT2D eigenvalue weighted by molar-refractivity contribution is -0.118. The van der Waals surface area contributed by atoms with E-state index in [0.717, 1.165) is 20.9 Å². The third-order valence-corrected chi connectivity index (χ3v) is 9.21. The van der Waals surface area contributed by atoms with Crippen molar-refractivity contribution in [3.8, 4) is 0 Å². The number of ether oxygens (including phenoxy) is 2. The number of hydrogen-bond acceptors (Lipinski definition) is 8. The highest BCUT2D eigenvalue weighted by molar-refractivity contribution is 8.00. The lowest BCUT2D eigenvalue weighted by Gasteiger charge is -2.30. The maximum atomic E-state index is 14.1. The molecule has 0 aliphatic carbocycles. The van der Waals surface area contributed by atoms with Gasteiger partial charge in [-0.1, -0.05) is 57.2 Å². The van der Waals surface area contributed by atoms with Gasteiger partial charge in [-0.15, -0.1) is 23.1 Å². The van der Waals surface area contributed by atoms with Crippen molar-refractivity contribution >= 4 is 57.7 Å². The summed E-state index contributed by atoms with van der Waals surface area (Å²) in [6.45, 7) is 14.1. The number of fused-ring (bicyclic) bond motifs is 1. The molecule has 1 aromatic heterocycles. The zero-order valence-corrected chi connectivity index (χ0v) is 29.2. The Morgan fingerprint density at radius 2 is 1.70 bits per heavy atom. The normalized spacial score (nSPS) is 13.8. The molecule has 1 aliphatic heterocycles. The molecule has 0 fully saturated rings. The van der Waals surface area contributed by atoms with E-state index in [4.69, 9.17) is 9.47 Å². The lowest BCUT2D eigenvalue weighted by Crippen LogP contribution is -2.39. The topological polar surface area (TPSA) is 114 Å². The van der Waals surface area contributed by atoms with Crippen LogP contribution in [0.25, 0.3) is 0 Å². The second-order valence-corrected chi connectivity index (χ2v) is 15.6. The number of thiophene rings is 1. The van der Waals surface area contributed by atoms with Crippen LogP contribution in [0, 0.1) is 5.41 Å². The molecule has 0 bridgehead atoms. The van der Waals surface area contributed by atoms with Crippen LogP contribution in [0.4, 0.5) is 15.5 Å². The van der Waals surface area contributed by atoms with Gasteiger partial charge in [-0.05, 0) is 68.9 Å². The summed E-state index contributed by atoms with van der Waals surface area (Å²) in [5.74, 6) is -0.902. The first-order chi connectivity index (χ1) is 21.6. The van der Waals surface area contributed by atoms with Gasteiger partial charge in [-0.25, -0.2) is 9.59 Å². The second kappa shape index (κ2) is 14.7. The summed E-state index contributed by atoms with van der Waals surface area (Å²) in [7, 11) is 0. The molecule has 2 N–H and O–H groups in total. The molecule has 0 spiro atoms. The molecule has 46 heavy (non-hydrogen) atoms. The molecule has 9 nitrogen and oxygen atoms in total. The van der Waals surface area contributed by atoms with Crippen LogP contribution in [0.3, 0.4) is 0 Å². The van der Waals surface area contributed by atoms with E-state index in [0.29, 0.717) is 35.6 Å². The number of esters is 1. The number of carbonyl (C=O) groups is 4. The predicted octanol–water partition coefficient (Wildman–Crippen LogP) is 8.06. The van der Waals surface area contributed by atoms with Gasteiger partial charge in [0.2, 0.25) is 11.8 Å². The van der Waals surface area contributed by atoms with Crippen LogP contribution in [-0.4, -0.2) is 47.5 Å². The van der Waals surface area contributed by atoms with Gasteiger partial charge >= 0.3 is 12.1 Å². The van der Waals surface area contributed by atoms with Crippen LogP contribution in [-0.2, 0) is 32.0 Å². The predicted molar refractivity (Wildman–Crippen MR) is 183 cm³/mol. The second-order valence-electron chi connectivity index (χ2n) is 13.3. The zero-order chi connectivity index (χ0) is 33.6. The molecule has 11 heteroatoms. The summed E-state index contributed by atoms with van der Waals surface area (Å²) >= 11 is 2.63. The first-order valence-corrected chi connectivity index (χ1v) is 17.0. The van der Waals surface area contributed by atoms with Crippen molar-refractivity contribution in [2.45, 2.75) is 83.6 Å². The molecule has 0 saturated heterocycles. The summed E-state index contributed by atoms with van der Waals surface area (Å²) in [5, 5.41) is 5.72. The van der Waals surface area contributed by atoms with E-state index in [-0.39, 0.29) is 30.4 Å². The number of hydrogen-bond donors (Lipinski definition) is 2. The molecule has 1 atom stereocenters. The SMILES string of the molecule is CCOC(=O)c1c(NC(=O)C(Sc2cccc(NC(=O)CC(C)(C)C)c2)c2ccccc2)sc2c1CCN(C(=O)OC(C)(C)C)C2. The molecule has 3 aromatic rings. The van der Waals surface area contributed by atoms with Gasteiger partial charge in [0.25, 0.3) is 0 Å². The standard InChI is InChI=1S/C35H43N3O6S2/c1-8-43-32(41)28-25-17-18-38(33(42)44-35(5,6)7)21-26(25)46-31(28)37-30(40)29(22-13-10-9-11-14-22)45-24-16-12-15-23(19-24)36-27(39)20-34(2,3)4/h9-16,19,29H,8,17-18,20-21H2,1-7H3,(H,36,39)(H,37,40). The summed E-state index contributed by atoms with van der Waals surface area (Å²) in [4.78, 5) is 55.9. The van der Waals surface area contributed by atoms with E-state index in [1.165, 1.54) is 23.1 Å². The number of anilines is 2. The Kier molecular flexibility index (Phi) is 11.2. The summed E-state index contributed by atoms with van der Waals surface area (Å²) in [5.41, 5.74) is 1.76. The van der Waals surface area contributed by atoms with Crippen molar-refractivity contribution < 1.29 is 28.7 Å². The van der Waals surface area contributed by atoms with Gasteiger partial charge < -0.3 is 25.0 Å². The van der Waals surface area contributed by atoms with E-state index >= 15 is 0 Å². The molecule has 0 saturated carbocycles. The number of carbonyl (C=O) groups excluding carboxylic acids is 4. The Bertz CT molecular complexity index is 1570. The van der Waals surface area contributed by atoms with E-state index in [2.05, 4.69) is 10.6 Å². The number of thioether (sulfide) groups is 1. The third-order valence-electron chi connectivity index (χ3n) is 6.83. The minimum absolute atomic E-state index is 0.0783. The number of nitrogens with zero attached hydrogens (tertiary/aromatic N) is 1. The van der Waals surface area contributed by atoms with Crippen LogP contribution >= 0.6 is 23.1 Å². The molecule has 4 rings (SSSR count). The Balaban J connectivity index is 1.61. The van der Waals surface area contributed by atoms with Crippen molar-refractivity contribution in [2.24, 2.45) is 5.41 Å². The Morgan fingerprint density at radius 3 is 2.35 bits per heavy atom. The summed E-state index contributed by atoms with van der Waals surface area (Å²) in [6.07, 6.45) is 0.384. The van der Waals surface area contributed by atoms with Crippen molar-refractivity contribution in [1.82, 2.24) is 4.90 Å². The fraction of sp³-hybridized carbons (Fsp3) is 0.429. The first-order valence-electron chi connectivity index (χ1n) is 15.4. The number of benzene rings is 2. The molecular weight excluding hydrogens is 623 g/mol. The number of rotatable bonds is 9. The van der Waals surface area contributed by atoms with Crippen LogP contribution < -0.4 is 10.6 Å². The summed E-state index contributed by atoms with van der Waals surface area (Å²) < 4.78 is 11.0. The fourth-order valence-electron chi connectivity index (χ4n) is 4.94. The van der Waals surface area contributed by atoms with Gasteiger partial charge in [-0.3, -0.25) is 9.59 Å². The Hall–Kier alpha value is -3.83. The molecular formula is C35H43N3O6S2. The summed E-state index contributed by atoms with van der Waals surface area (Å²) in [6, 6.07) is 16.8. The number of nitrogens with one attached hydrogen (secondary N) is 2. The average Bonchev–Trinajstić information content (AvgIpc) is 3.31. The van der Waals surface area contributed by atoms with Gasteiger partial charge in [0.15, 0.2) is 0 Å². The molecule has 2 aromatic carbocycles. The Labute approximate surface area is 279 Å². The minimum Gasteiger partial charge on any atom is -0.462 e. The van der Waals surface area contributed by atoms with Crippen molar-refractivity contribution in [3.05, 3.63) is 76.2 Å². The molecule has 1 aliphatic rings. The van der Waals surface area contributed by atoms with E-state index in [9.17, 15) is 19.2 Å². The monoisotopic (exact) mass is 665 g/mol.